The fourth-order valence-electron chi connectivity index (χ4n) is 2.22. The van der Waals surface area contributed by atoms with E-state index in [1.807, 2.05) is 0 Å². The van der Waals surface area contributed by atoms with Gasteiger partial charge >= 0.3 is 0 Å². The molecule has 0 radical (unpaired) electrons. The lowest BCUT2D eigenvalue weighted by atomic mass is 10.2. The fourth-order valence-corrected chi connectivity index (χ4v) is 2.22. The third-order valence-electron chi connectivity index (χ3n) is 3.37. The lowest BCUT2D eigenvalue weighted by Crippen LogP contribution is -2.44. The Bertz CT molecular complexity index is 246. The minimum absolute atomic E-state index is 0.0763. The molecule has 1 N–H and O–H groups in total. The van der Waals surface area contributed by atoms with Gasteiger partial charge in [-0.1, -0.05) is 13.8 Å². The van der Waals surface area contributed by atoms with Crippen LogP contribution >= 0.6 is 0 Å². The molecule has 0 aromatic rings. The normalized spacial score (nSPS) is 30.1. The van der Waals surface area contributed by atoms with E-state index in [0.717, 1.165) is 13.0 Å². The summed E-state index contributed by atoms with van der Waals surface area (Å²) in [6.45, 7) is 7.33. The Morgan fingerprint density at radius 2 is 2.14 bits per heavy atom. The van der Waals surface area contributed by atoms with Gasteiger partial charge < -0.3 is 10.2 Å². The number of rotatable bonds is 3. The van der Waals surface area contributed by atoms with Crippen molar-refractivity contribution in [2.24, 2.45) is 0 Å². The summed E-state index contributed by atoms with van der Waals surface area (Å²) in [7, 11) is 0. The van der Waals surface area contributed by atoms with Crippen molar-refractivity contribution in [3.05, 3.63) is 0 Å². The molecule has 1 saturated carbocycles. The number of nitrogens with one attached hydrogen (secondary N) is 1. The summed E-state index contributed by atoms with van der Waals surface area (Å²) in [5.41, 5.74) is 0.213. The molecule has 1 aliphatic carbocycles. The zero-order valence-electron chi connectivity index (χ0n) is 9.34. The molecule has 1 unspecified atom stereocenters. The van der Waals surface area contributed by atoms with Crippen LogP contribution in [0.4, 0.5) is 0 Å². The zero-order valence-corrected chi connectivity index (χ0v) is 9.34. The summed E-state index contributed by atoms with van der Waals surface area (Å²) >= 11 is 0. The fraction of sp³-hybridized carbons (Fsp3) is 0.909. The maximum absolute atomic E-state index is 12.0. The summed E-state index contributed by atoms with van der Waals surface area (Å²) in [6, 6.07) is 0.475. The smallest absolute Gasteiger partial charge is 0.240 e. The summed E-state index contributed by atoms with van der Waals surface area (Å²) in [5, 5.41) is 3.33. The highest BCUT2D eigenvalue weighted by Crippen LogP contribution is 2.43. The Balaban J connectivity index is 1.97. The molecule has 2 aliphatic rings. The number of carbonyl (C=O) groups is 1. The van der Waals surface area contributed by atoms with Crippen LogP contribution in [0.1, 0.15) is 40.0 Å². The Morgan fingerprint density at radius 1 is 1.50 bits per heavy atom. The van der Waals surface area contributed by atoms with E-state index in [4.69, 9.17) is 0 Å². The number of likely N-dealkylation sites (tertiary alicyclic amines) is 1. The van der Waals surface area contributed by atoms with E-state index in [1.165, 1.54) is 12.8 Å². The lowest BCUT2D eigenvalue weighted by Gasteiger charge is -2.24. The predicted octanol–water partition coefficient (Wildman–Crippen LogP) is 1.14. The first kappa shape index (κ1) is 9.97. The lowest BCUT2D eigenvalue weighted by molar-refractivity contribution is -0.131. The number of amides is 1. The highest BCUT2D eigenvalue weighted by atomic mass is 16.2. The third-order valence-corrected chi connectivity index (χ3v) is 3.37. The minimum Gasteiger partial charge on any atom is -0.336 e. The van der Waals surface area contributed by atoms with Gasteiger partial charge in [0.2, 0.25) is 5.91 Å². The first-order valence-electron chi connectivity index (χ1n) is 5.60. The van der Waals surface area contributed by atoms with Crippen LogP contribution in [0.5, 0.6) is 0 Å². The molecule has 2 rings (SSSR count). The third kappa shape index (κ3) is 1.65. The average Bonchev–Trinajstić information content (AvgIpc) is 2.72. The van der Waals surface area contributed by atoms with Crippen molar-refractivity contribution in [2.45, 2.75) is 57.7 Å². The van der Waals surface area contributed by atoms with Crippen LogP contribution in [0, 0.1) is 0 Å². The Morgan fingerprint density at radius 3 is 2.64 bits per heavy atom. The van der Waals surface area contributed by atoms with Crippen LogP contribution in [0.15, 0.2) is 0 Å². The van der Waals surface area contributed by atoms with E-state index in [-0.39, 0.29) is 11.6 Å². The standard InChI is InChI=1S/C11H20N2O/c1-8(2)12-9-4-7-13(10(9)14)11(3)5-6-11/h8-9,12H,4-7H2,1-3H3. The molecule has 80 valence electrons. The average molecular weight is 196 g/mol. The van der Waals surface area contributed by atoms with Crippen molar-refractivity contribution in [2.75, 3.05) is 6.54 Å². The van der Waals surface area contributed by atoms with E-state index in [0.29, 0.717) is 11.9 Å². The second-order valence-corrected chi connectivity index (χ2v) is 5.15. The van der Waals surface area contributed by atoms with Crippen LogP contribution in [-0.2, 0) is 4.79 Å². The Hall–Kier alpha value is -0.570. The van der Waals surface area contributed by atoms with Gasteiger partial charge in [-0.3, -0.25) is 4.79 Å². The Labute approximate surface area is 85.8 Å². The first-order valence-corrected chi connectivity index (χ1v) is 5.60. The monoisotopic (exact) mass is 196 g/mol. The number of nitrogens with zero attached hydrogens (tertiary/aromatic N) is 1. The molecule has 2 fully saturated rings. The second-order valence-electron chi connectivity index (χ2n) is 5.15. The quantitative estimate of drug-likeness (QED) is 0.734. The van der Waals surface area contributed by atoms with Crippen molar-refractivity contribution >= 4 is 5.91 Å². The summed E-state index contributed by atoms with van der Waals surface area (Å²) in [5.74, 6) is 0.318. The maximum Gasteiger partial charge on any atom is 0.240 e. The van der Waals surface area contributed by atoms with E-state index in [2.05, 4.69) is 31.0 Å². The van der Waals surface area contributed by atoms with Crippen molar-refractivity contribution in [1.29, 1.82) is 0 Å². The Kier molecular flexibility index (Phi) is 2.30. The molecule has 1 saturated heterocycles. The minimum atomic E-state index is 0.0763. The van der Waals surface area contributed by atoms with Gasteiger partial charge in [-0.25, -0.2) is 0 Å². The van der Waals surface area contributed by atoms with Gasteiger partial charge in [0.05, 0.1) is 6.04 Å². The van der Waals surface area contributed by atoms with Crippen LogP contribution < -0.4 is 5.32 Å². The van der Waals surface area contributed by atoms with Gasteiger partial charge in [0.15, 0.2) is 0 Å². The topological polar surface area (TPSA) is 32.3 Å². The molecule has 3 heteroatoms. The van der Waals surface area contributed by atoms with Crippen molar-refractivity contribution in [1.82, 2.24) is 10.2 Å². The number of carbonyl (C=O) groups excluding carboxylic acids is 1. The largest absolute Gasteiger partial charge is 0.336 e. The molecule has 1 heterocycles. The molecule has 3 nitrogen and oxygen atoms in total. The summed E-state index contributed by atoms with van der Waals surface area (Å²) in [4.78, 5) is 14.1. The highest BCUT2D eigenvalue weighted by Gasteiger charge is 2.49. The van der Waals surface area contributed by atoms with Crippen molar-refractivity contribution in [3.63, 3.8) is 0 Å². The molecular formula is C11H20N2O. The van der Waals surface area contributed by atoms with Crippen LogP contribution in [0.25, 0.3) is 0 Å². The van der Waals surface area contributed by atoms with Gasteiger partial charge in [0, 0.05) is 18.1 Å². The molecule has 0 aromatic heterocycles. The van der Waals surface area contributed by atoms with Crippen molar-refractivity contribution in [3.8, 4) is 0 Å². The summed E-state index contributed by atoms with van der Waals surface area (Å²) in [6.07, 6.45) is 3.35. The second kappa shape index (κ2) is 3.23. The maximum atomic E-state index is 12.0. The number of hydrogen-bond donors (Lipinski definition) is 1. The highest BCUT2D eigenvalue weighted by molar-refractivity contribution is 5.85. The first-order chi connectivity index (χ1) is 6.53. The number of hydrogen-bond acceptors (Lipinski definition) is 2. The van der Waals surface area contributed by atoms with E-state index in [9.17, 15) is 4.79 Å². The molecule has 14 heavy (non-hydrogen) atoms. The summed E-state index contributed by atoms with van der Waals surface area (Å²) < 4.78 is 0. The molecular weight excluding hydrogens is 176 g/mol. The molecule has 0 bridgehead atoms. The van der Waals surface area contributed by atoms with Gasteiger partial charge in [-0.05, 0) is 26.2 Å². The molecule has 0 spiro atoms. The molecule has 1 amide bonds. The van der Waals surface area contributed by atoms with Gasteiger partial charge in [-0.2, -0.15) is 0 Å². The molecule has 1 aliphatic heterocycles. The van der Waals surface area contributed by atoms with E-state index in [1.54, 1.807) is 0 Å². The van der Waals surface area contributed by atoms with Gasteiger partial charge in [0.1, 0.15) is 0 Å². The van der Waals surface area contributed by atoms with Gasteiger partial charge in [0.25, 0.3) is 0 Å². The molecule has 0 aromatic carbocycles. The molecule has 1 atom stereocenters. The van der Waals surface area contributed by atoms with Crippen LogP contribution in [-0.4, -0.2) is 35.0 Å². The SMILES string of the molecule is CC(C)NC1CCN(C2(C)CC2)C1=O. The van der Waals surface area contributed by atoms with Crippen molar-refractivity contribution < 1.29 is 4.79 Å². The zero-order chi connectivity index (χ0) is 10.3. The van der Waals surface area contributed by atoms with E-state index >= 15 is 0 Å². The predicted molar refractivity (Wildman–Crippen MR) is 56.0 cm³/mol. The van der Waals surface area contributed by atoms with Crippen LogP contribution in [0.3, 0.4) is 0 Å². The van der Waals surface area contributed by atoms with E-state index < -0.39 is 0 Å². The van der Waals surface area contributed by atoms with Crippen LogP contribution in [0.2, 0.25) is 0 Å². The van der Waals surface area contributed by atoms with Gasteiger partial charge in [-0.15, -0.1) is 0 Å².